The number of nitrogens with zero attached hydrogens (tertiary/aromatic N) is 2. The lowest BCUT2D eigenvalue weighted by atomic mass is 10.1. The number of hydrogen-bond acceptors (Lipinski definition) is 4. The molecule has 1 saturated carbocycles. The van der Waals surface area contributed by atoms with E-state index in [2.05, 4.69) is 0 Å². The van der Waals surface area contributed by atoms with E-state index >= 15 is 0 Å². The second-order valence-electron chi connectivity index (χ2n) is 7.91. The minimum absolute atomic E-state index is 0.00948. The third-order valence-corrected chi connectivity index (χ3v) is 6.46. The summed E-state index contributed by atoms with van der Waals surface area (Å²) in [7, 11) is 0. The molecule has 2 aromatic carbocycles. The minimum atomic E-state index is -1.26. The van der Waals surface area contributed by atoms with Gasteiger partial charge in [-0.25, -0.2) is 9.69 Å². The number of carbonyl (C=O) groups is 3. The van der Waals surface area contributed by atoms with Gasteiger partial charge in [-0.05, 0) is 43.4 Å². The first-order valence-corrected chi connectivity index (χ1v) is 10.9. The molecule has 0 bridgehead atoms. The van der Waals surface area contributed by atoms with Crippen LogP contribution < -0.4 is 0 Å². The molecule has 2 atom stereocenters. The minimum Gasteiger partial charge on any atom is -0.431 e. The van der Waals surface area contributed by atoms with Crippen LogP contribution in [0.1, 0.15) is 37.0 Å². The fourth-order valence-corrected chi connectivity index (χ4v) is 4.43. The Bertz CT molecular complexity index is 990. The van der Waals surface area contributed by atoms with Gasteiger partial charge in [0.1, 0.15) is 6.54 Å². The predicted octanol–water partition coefficient (Wildman–Crippen LogP) is 4.84. The Labute approximate surface area is 190 Å². The van der Waals surface area contributed by atoms with Gasteiger partial charge >= 0.3 is 6.09 Å². The summed E-state index contributed by atoms with van der Waals surface area (Å²) in [6, 6.07) is 14.4. The molecule has 8 heteroatoms. The molecule has 2 aliphatic rings. The zero-order chi connectivity index (χ0) is 22.1. The van der Waals surface area contributed by atoms with Gasteiger partial charge in [0.2, 0.25) is 12.0 Å². The molecule has 0 radical (unpaired) electrons. The van der Waals surface area contributed by atoms with Gasteiger partial charge in [0.25, 0.3) is 5.91 Å². The van der Waals surface area contributed by atoms with Crippen molar-refractivity contribution in [1.82, 2.24) is 9.80 Å². The van der Waals surface area contributed by atoms with Crippen molar-refractivity contribution in [1.29, 1.82) is 0 Å². The predicted molar refractivity (Wildman–Crippen MR) is 117 cm³/mol. The quantitative estimate of drug-likeness (QED) is 0.592. The van der Waals surface area contributed by atoms with E-state index in [1.54, 1.807) is 23.1 Å². The van der Waals surface area contributed by atoms with E-state index in [-0.39, 0.29) is 34.1 Å². The molecular formula is C23H22Cl2N2O4. The topological polar surface area (TPSA) is 66.9 Å². The number of halogens is 2. The van der Waals surface area contributed by atoms with Crippen molar-refractivity contribution in [2.24, 2.45) is 5.92 Å². The van der Waals surface area contributed by atoms with Gasteiger partial charge in [0.05, 0.1) is 0 Å². The van der Waals surface area contributed by atoms with Crippen LogP contribution in [0.5, 0.6) is 0 Å². The Morgan fingerprint density at radius 3 is 2.35 bits per heavy atom. The summed E-state index contributed by atoms with van der Waals surface area (Å²) in [6.45, 7) is 2.03. The average molecular weight is 461 g/mol. The number of benzene rings is 2. The highest BCUT2D eigenvalue weighted by Crippen LogP contribution is 2.38. The molecule has 2 fully saturated rings. The molecule has 4 rings (SSSR count). The fourth-order valence-electron chi connectivity index (χ4n) is 3.83. The van der Waals surface area contributed by atoms with Crippen molar-refractivity contribution < 1.29 is 19.1 Å². The first-order chi connectivity index (χ1) is 14.9. The van der Waals surface area contributed by atoms with Crippen LogP contribution in [0.3, 0.4) is 0 Å². The summed E-state index contributed by atoms with van der Waals surface area (Å²) in [5, 5.41) is 0.444. The number of amides is 3. The van der Waals surface area contributed by atoms with Gasteiger partial charge in [-0.1, -0.05) is 59.6 Å². The lowest BCUT2D eigenvalue weighted by Crippen LogP contribution is -2.46. The van der Waals surface area contributed by atoms with Crippen molar-refractivity contribution in [3.63, 3.8) is 0 Å². The Morgan fingerprint density at radius 2 is 1.74 bits per heavy atom. The Balaban J connectivity index is 1.53. The van der Waals surface area contributed by atoms with E-state index in [4.69, 9.17) is 27.9 Å². The number of hydrogen-bond donors (Lipinski definition) is 0. The fraction of sp³-hybridized carbons (Fsp3) is 0.348. The number of cyclic esters (lactones) is 1. The monoisotopic (exact) mass is 460 g/mol. The van der Waals surface area contributed by atoms with E-state index in [0.717, 1.165) is 23.3 Å². The lowest BCUT2D eigenvalue weighted by molar-refractivity contribution is -0.140. The SMILES string of the molecule is C[C@@H](C1CC1)N(Cc1ccccc1)C(=O)CN1C(=O)OC(c2c(Cl)cccc2Cl)C1=O. The Kier molecular flexibility index (Phi) is 6.21. The second kappa shape index (κ2) is 8.89. The van der Waals surface area contributed by atoms with Crippen molar-refractivity contribution in [3.8, 4) is 0 Å². The van der Waals surface area contributed by atoms with Crippen LogP contribution in [0.2, 0.25) is 10.0 Å². The van der Waals surface area contributed by atoms with Crippen LogP contribution in [0, 0.1) is 5.92 Å². The smallest absolute Gasteiger partial charge is 0.418 e. The van der Waals surface area contributed by atoms with Gasteiger partial charge in [-0.3, -0.25) is 9.59 Å². The van der Waals surface area contributed by atoms with Crippen LogP contribution in [-0.4, -0.2) is 40.3 Å². The molecule has 0 N–H and O–H groups in total. The maximum absolute atomic E-state index is 13.2. The summed E-state index contributed by atoms with van der Waals surface area (Å²) < 4.78 is 5.25. The first kappa shape index (κ1) is 21.7. The van der Waals surface area contributed by atoms with Crippen molar-refractivity contribution in [3.05, 3.63) is 69.7 Å². The molecule has 1 saturated heterocycles. The summed E-state index contributed by atoms with van der Waals surface area (Å²) in [4.78, 5) is 41.2. The van der Waals surface area contributed by atoms with Crippen LogP contribution in [0.15, 0.2) is 48.5 Å². The number of rotatable bonds is 7. The van der Waals surface area contributed by atoms with Gasteiger partial charge in [-0.15, -0.1) is 0 Å². The number of carbonyl (C=O) groups excluding carboxylic acids is 3. The second-order valence-corrected chi connectivity index (χ2v) is 8.72. The van der Waals surface area contributed by atoms with Crippen LogP contribution in [-0.2, 0) is 20.9 Å². The molecule has 1 aliphatic carbocycles. The van der Waals surface area contributed by atoms with E-state index in [0.29, 0.717) is 12.5 Å². The molecule has 6 nitrogen and oxygen atoms in total. The Morgan fingerprint density at radius 1 is 1.10 bits per heavy atom. The van der Waals surface area contributed by atoms with E-state index in [1.807, 2.05) is 37.3 Å². The van der Waals surface area contributed by atoms with Crippen LogP contribution in [0.4, 0.5) is 4.79 Å². The molecule has 1 aliphatic heterocycles. The highest BCUT2D eigenvalue weighted by Gasteiger charge is 2.45. The van der Waals surface area contributed by atoms with E-state index < -0.39 is 18.1 Å². The van der Waals surface area contributed by atoms with Gasteiger partial charge in [0, 0.05) is 28.2 Å². The highest BCUT2D eigenvalue weighted by molar-refractivity contribution is 6.36. The summed E-state index contributed by atoms with van der Waals surface area (Å²) >= 11 is 12.4. The lowest BCUT2D eigenvalue weighted by Gasteiger charge is -2.30. The normalized spacial score (nSPS) is 19.3. The van der Waals surface area contributed by atoms with Crippen LogP contribution in [0.25, 0.3) is 0 Å². The zero-order valence-corrected chi connectivity index (χ0v) is 18.5. The number of ether oxygens (including phenoxy) is 1. The molecule has 0 spiro atoms. The van der Waals surface area contributed by atoms with Crippen molar-refractivity contribution in [2.45, 2.75) is 38.5 Å². The molecule has 1 heterocycles. The van der Waals surface area contributed by atoms with E-state index in [9.17, 15) is 14.4 Å². The molecule has 3 amide bonds. The van der Waals surface area contributed by atoms with Gasteiger partial charge in [0.15, 0.2) is 0 Å². The maximum Gasteiger partial charge on any atom is 0.418 e. The largest absolute Gasteiger partial charge is 0.431 e. The summed E-state index contributed by atoms with van der Waals surface area (Å²) in [5.41, 5.74) is 1.21. The standard InChI is InChI=1S/C23H22Cl2N2O4/c1-14(16-10-11-16)26(12-15-6-3-2-4-7-15)19(28)13-27-22(29)21(31-23(27)30)20-17(24)8-5-9-18(20)25/h2-9,14,16,21H,10-13H2,1H3/t14-,21?/m0/s1. The first-order valence-electron chi connectivity index (χ1n) is 10.2. The third kappa shape index (κ3) is 4.55. The van der Waals surface area contributed by atoms with Gasteiger partial charge in [-0.2, -0.15) is 0 Å². The molecular weight excluding hydrogens is 439 g/mol. The van der Waals surface area contributed by atoms with Crippen molar-refractivity contribution >= 4 is 41.1 Å². The maximum atomic E-state index is 13.2. The average Bonchev–Trinajstić information content (AvgIpc) is 3.56. The zero-order valence-electron chi connectivity index (χ0n) is 17.0. The van der Waals surface area contributed by atoms with Gasteiger partial charge < -0.3 is 9.64 Å². The summed E-state index contributed by atoms with van der Waals surface area (Å²) in [5.74, 6) is -0.518. The summed E-state index contributed by atoms with van der Waals surface area (Å²) in [6.07, 6.45) is -0.00218. The Hall–Kier alpha value is -2.57. The number of imide groups is 1. The third-order valence-electron chi connectivity index (χ3n) is 5.80. The van der Waals surface area contributed by atoms with Crippen molar-refractivity contribution in [2.75, 3.05) is 6.54 Å². The molecule has 0 aromatic heterocycles. The highest BCUT2D eigenvalue weighted by atomic mass is 35.5. The molecule has 31 heavy (non-hydrogen) atoms. The van der Waals surface area contributed by atoms with E-state index in [1.165, 1.54) is 0 Å². The van der Waals surface area contributed by atoms with Crippen LogP contribution >= 0.6 is 23.2 Å². The molecule has 162 valence electrons. The molecule has 2 aromatic rings. The molecule has 1 unspecified atom stereocenters.